The summed E-state index contributed by atoms with van der Waals surface area (Å²) in [5, 5.41) is 4.13. The highest BCUT2D eigenvalue weighted by molar-refractivity contribution is 5.98. The average molecular weight is 429 g/mol. The smallest absolute Gasteiger partial charge is 0.254 e. The molecule has 1 aliphatic heterocycles. The summed E-state index contributed by atoms with van der Waals surface area (Å²) in [5.41, 5.74) is 4.59. The Morgan fingerprint density at radius 3 is 2.78 bits per heavy atom. The van der Waals surface area contributed by atoms with Crippen LogP contribution in [0.25, 0.3) is 16.6 Å². The van der Waals surface area contributed by atoms with Gasteiger partial charge in [-0.05, 0) is 55.2 Å². The maximum absolute atomic E-state index is 13.1. The zero-order valence-electron chi connectivity index (χ0n) is 18.1. The van der Waals surface area contributed by atoms with Crippen LogP contribution in [0, 0.1) is 5.92 Å². The predicted octanol–water partition coefficient (Wildman–Crippen LogP) is 5.01. The van der Waals surface area contributed by atoms with E-state index in [0.29, 0.717) is 24.3 Å². The van der Waals surface area contributed by atoms with Gasteiger partial charge in [0, 0.05) is 53.6 Å². The molecular weight excluding hydrogens is 400 g/mol. The predicted molar refractivity (Wildman–Crippen MR) is 126 cm³/mol. The molecule has 6 heteroatoms. The molecule has 1 aliphatic carbocycles. The quantitative estimate of drug-likeness (QED) is 0.613. The van der Waals surface area contributed by atoms with Gasteiger partial charge in [0.2, 0.25) is 5.91 Å². The van der Waals surface area contributed by atoms with Crippen LogP contribution in [0.1, 0.15) is 54.4 Å². The molecule has 0 saturated heterocycles. The Balaban J connectivity index is 1.26. The minimum Gasteiger partial charge on any atom is -0.346 e. The van der Waals surface area contributed by atoms with Crippen molar-refractivity contribution in [1.82, 2.24) is 14.9 Å². The summed E-state index contributed by atoms with van der Waals surface area (Å²) in [5.74, 6) is 0.163. The number of hydrogen-bond acceptors (Lipinski definition) is 3. The molecule has 2 N–H and O–H groups in total. The van der Waals surface area contributed by atoms with Crippen molar-refractivity contribution in [3.05, 3.63) is 66.0 Å². The molecule has 1 saturated carbocycles. The standard InChI is InChI=1S/C26H28N4O2/c31-25(19-6-2-1-3-7-19)29-21-9-4-8-20(16-21)26(32)30-14-11-18(12-15-30)23-17-28-24-22(23)10-5-13-27-24/h4-5,8-11,13,16-17,19H,1-3,6-7,12,14-15H2,(H,27,28)(H,29,31). The second kappa shape index (κ2) is 8.99. The molecule has 0 bridgehead atoms. The Hall–Kier alpha value is -3.41. The van der Waals surface area contributed by atoms with E-state index in [2.05, 4.69) is 27.4 Å². The highest BCUT2D eigenvalue weighted by atomic mass is 16.2. The summed E-state index contributed by atoms with van der Waals surface area (Å²) in [6.45, 7) is 1.23. The van der Waals surface area contributed by atoms with Gasteiger partial charge in [0.15, 0.2) is 0 Å². The second-order valence-electron chi connectivity index (χ2n) is 8.74. The maximum Gasteiger partial charge on any atom is 0.254 e. The lowest BCUT2D eigenvalue weighted by Crippen LogP contribution is -2.34. The summed E-state index contributed by atoms with van der Waals surface area (Å²) in [7, 11) is 0. The summed E-state index contributed by atoms with van der Waals surface area (Å²) >= 11 is 0. The van der Waals surface area contributed by atoms with E-state index in [1.165, 1.54) is 12.0 Å². The molecule has 3 heterocycles. The van der Waals surface area contributed by atoms with E-state index in [-0.39, 0.29) is 17.7 Å². The highest BCUT2D eigenvalue weighted by Gasteiger charge is 2.23. The van der Waals surface area contributed by atoms with Crippen molar-refractivity contribution in [3.8, 4) is 0 Å². The van der Waals surface area contributed by atoms with Gasteiger partial charge in [-0.3, -0.25) is 9.59 Å². The van der Waals surface area contributed by atoms with Crippen LogP contribution in [-0.4, -0.2) is 39.8 Å². The molecule has 1 aromatic carbocycles. The molecule has 0 unspecified atom stereocenters. The lowest BCUT2D eigenvalue weighted by Gasteiger charge is -2.27. The molecule has 32 heavy (non-hydrogen) atoms. The monoisotopic (exact) mass is 428 g/mol. The van der Waals surface area contributed by atoms with E-state index in [1.54, 1.807) is 12.3 Å². The van der Waals surface area contributed by atoms with Gasteiger partial charge in [-0.15, -0.1) is 0 Å². The first kappa shape index (κ1) is 20.5. The van der Waals surface area contributed by atoms with Crippen LogP contribution in [0.2, 0.25) is 0 Å². The molecular formula is C26H28N4O2. The number of H-pyrrole nitrogens is 1. The number of pyridine rings is 1. The number of fused-ring (bicyclic) bond motifs is 1. The number of carbonyl (C=O) groups excluding carboxylic acids is 2. The van der Waals surface area contributed by atoms with Gasteiger partial charge in [-0.25, -0.2) is 4.98 Å². The SMILES string of the molecule is O=C(Nc1cccc(C(=O)N2CC=C(c3c[nH]c4ncccc34)CC2)c1)C1CCCCC1. The fraction of sp³-hybridized carbons (Fsp3) is 0.346. The van der Waals surface area contributed by atoms with Gasteiger partial charge in [-0.2, -0.15) is 0 Å². The number of aromatic amines is 1. The fourth-order valence-electron chi connectivity index (χ4n) is 4.84. The van der Waals surface area contributed by atoms with Crippen LogP contribution in [0.15, 0.2) is 54.9 Å². The molecule has 3 aromatic rings. The normalized spacial score (nSPS) is 17.2. The van der Waals surface area contributed by atoms with Gasteiger partial charge >= 0.3 is 0 Å². The van der Waals surface area contributed by atoms with Crippen molar-refractivity contribution in [3.63, 3.8) is 0 Å². The molecule has 2 amide bonds. The summed E-state index contributed by atoms with van der Waals surface area (Å²) in [6, 6.07) is 11.3. The van der Waals surface area contributed by atoms with Crippen LogP contribution in [-0.2, 0) is 4.79 Å². The van der Waals surface area contributed by atoms with Crippen molar-refractivity contribution in [1.29, 1.82) is 0 Å². The number of amides is 2. The minimum atomic E-state index is -0.00495. The van der Waals surface area contributed by atoms with Gasteiger partial charge in [0.05, 0.1) is 0 Å². The van der Waals surface area contributed by atoms with E-state index in [1.807, 2.05) is 35.4 Å². The third-order valence-corrected chi connectivity index (χ3v) is 6.65. The summed E-state index contributed by atoms with van der Waals surface area (Å²) in [6.07, 6.45) is 12.1. The Labute approximate surface area is 187 Å². The molecule has 0 atom stereocenters. The van der Waals surface area contributed by atoms with Crippen LogP contribution in [0.4, 0.5) is 5.69 Å². The average Bonchev–Trinajstić information content (AvgIpc) is 3.29. The van der Waals surface area contributed by atoms with Crippen LogP contribution >= 0.6 is 0 Å². The molecule has 0 spiro atoms. The second-order valence-corrected chi connectivity index (χ2v) is 8.74. The van der Waals surface area contributed by atoms with Gasteiger partial charge in [0.25, 0.3) is 5.91 Å². The lowest BCUT2D eigenvalue weighted by molar-refractivity contribution is -0.120. The zero-order valence-corrected chi connectivity index (χ0v) is 18.1. The van der Waals surface area contributed by atoms with Crippen molar-refractivity contribution in [2.24, 2.45) is 5.92 Å². The third kappa shape index (κ3) is 4.17. The van der Waals surface area contributed by atoms with Crippen molar-refractivity contribution in [2.45, 2.75) is 38.5 Å². The van der Waals surface area contributed by atoms with Gasteiger partial charge in [-0.1, -0.05) is 31.4 Å². The number of hydrogen-bond donors (Lipinski definition) is 2. The number of rotatable bonds is 4. The third-order valence-electron chi connectivity index (χ3n) is 6.65. The Kier molecular flexibility index (Phi) is 5.75. The number of carbonyl (C=O) groups is 2. The Morgan fingerprint density at radius 1 is 1.09 bits per heavy atom. The van der Waals surface area contributed by atoms with E-state index in [4.69, 9.17) is 0 Å². The Bertz CT molecular complexity index is 1170. The first-order chi connectivity index (χ1) is 15.7. The first-order valence-electron chi connectivity index (χ1n) is 11.5. The minimum absolute atomic E-state index is 0.00495. The largest absolute Gasteiger partial charge is 0.346 e. The van der Waals surface area contributed by atoms with Crippen LogP contribution < -0.4 is 5.32 Å². The van der Waals surface area contributed by atoms with Crippen LogP contribution in [0.3, 0.4) is 0 Å². The van der Waals surface area contributed by atoms with Crippen molar-refractivity contribution >= 4 is 34.1 Å². The number of nitrogens with one attached hydrogen (secondary N) is 2. The number of nitrogens with zero attached hydrogens (tertiary/aromatic N) is 2. The summed E-state index contributed by atoms with van der Waals surface area (Å²) < 4.78 is 0. The van der Waals surface area contributed by atoms with Gasteiger partial charge in [0.1, 0.15) is 5.65 Å². The number of anilines is 1. The first-order valence-corrected chi connectivity index (χ1v) is 11.5. The fourth-order valence-corrected chi connectivity index (χ4v) is 4.84. The number of aromatic nitrogens is 2. The van der Waals surface area contributed by atoms with E-state index < -0.39 is 0 Å². The van der Waals surface area contributed by atoms with Crippen LogP contribution in [0.5, 0.6) is 0 Å². The molecule has 5 rings (SSSR count). The van der Waals surface area contributed by atoms with E-state index in [0.717, 1.165) is 48.7 Å². The topological polar surface area (TPSA) is 78.1 Å². The van der Waals surface area contributed by atoms with E-state index >= 15 is 0 Å². The summed E-state index contributed by atoms with van der Waals surface area (Å²) in [4.78, 5) is 35.1. The zero-order chi connectivity index (χ0) is 21.9. The molecule has 6 nitrogen and oxygen atoms in total. The number of benzene rings is 1. The van der Waals surface area contributed by atoms with E-state index in [9.17, 15) is 9.59 Å². The van der Waals surface area contributed by atoms with Crippen molar-refractivity contribution < 1.29 is 9.59 Å². The highest BCUT2D eigenvalue weighted by Crippen LogP contribution is 2.29. The molecule has 2 aromatic heterocycles. The molecule has 164 valence electrons. The van der Waals surface area contributed by atoms with Crippen molar-refractivity contribution in [2.75, 3.05) is 18.4 Å². The van der Waals surface area contributed by atoms with Gasteiger partial charge < -0.3 is 15.2 Å². The molecule has 2 aliphatic rings. The Morgan fingerprint density at radius 2 is 1.97 bits per heavy atom. The maximum atomic E-state index is 13.1. The lowest BCUT2D eigenvalue weighted by atomic mass is 9.88. The molecule has 1 fully saturated rings. The molecule has 0 radical (unpaired) electrons.